The summed E-state index contributed by atoms with van der Waals surface area (Å²) in [4.78, 5) is 11.4. The van der Waals surface area contributed by atoms with Gasteiger partial charge in [0.15, 0.2) is 12.6 Å². The first-order valence-electron chi connectivity index (χ1n) is 4.30. The molecule has 0 unspecified atom stereocenters. The largest absolute Gasteiger partial charge is 0.355 e. The molecule has 5 heteroatoms. The number of hydrogen-bond donors (Lipinski definition) is 0. The molecule has 0 bridgehead atoms. The minimum atomic E-state index is -0.489. The minimum absolute atomic E-state index is 0.0209. The van der Waals surface area contributed by atoms with E-state index in [2.05, 4.69) is 0 Å². The molecular weight excluding hydrogens is 188 g/mol. The Balaban J connectivity index is 3.83. The predicted molar refractivity (Wildman–Crippen MR) is 49.9 cm³/mol. The van der Waals surface area contributed by atoms with Gasteiger partial charge in [-0.25, -0.2) is 0 Å². The van der Waals surface area contributed by atoms with Gasteiger partial charge in [-0.2, -0.15) is 0 Å². The number of carbonyl (C=O) groups is 1. The van der Waals surface area contributed by atoms with Crippen molar-refractivity contribution in [3.63, 3.8) is 0 Å². The van der Waals surface area contributed by atoms with Crippen LogP contribution in [0, 0.1) is 0 Å². The number of rotatable bonds is 8. The van der Waals surface area contributed by atoms with Crippen LogP contribution in [0.25, 0.3) is 0 Å². The van der Waals surface area contributed by atoms with Crippen molar-refractivity contribution in [1.29, 1.82) is 0 Å². The predicted octanol–water partition coefficient (Wildman–Crippen LogP) is 0.573. The quantitative estimate of drug-likeness (QED) is 0.543. The summed E-state index contributed by atoms with van der Waals surface area (Å²) < 4.78 is 19.6. The first kappa shape index (κ1) is 13.5. The van der Waals surface area contributed by atoms with Gasteiger partial charge in [-0.1, -0.05) is 0 Å². The Labute approximate surface area is 84.3 Å². The standard InChI is InChI=1S/C9H18O5/c1-11-8(12-2)5-7(10)6-9(13-3)14-4/h8-9H,5-6H2,1-4H3. The number of methoxy groups -OCH3 is 4. The highest BCUT2D eigenvalue weighted by atomic mass is 16.7. The van der Waals surface area contributed by atoms with Gasteiger partial charge in [-0.3, -0.25) is 4.79 Å². The van der Waals surface area contributed by atoms with Crippen LogP contribution in [-0.4, -0.2) is 46.8 Å². The van der Waals surface area contributed by atoms with Crippen molar-refractivity contribution in [2.75, 3.05) is 28.4 Å². The monoisotopic (exact) mass is 206 g/mol. The summed E-state index contributed by atoms with van der Waals surface area (Å²) >= 11 is 0. The molecule has 0 atom stereocenters. The van der Waals surface area contributed by atoms with Gasteiger partial charge in [0.2, 0.25) is 0 Å². The highest BCUT2D eigenvalue weighted by Gasteiger charge is 2.16. The van der Waals surface area contributed by atoms with Gasteiger partial charge in [0.25, 0.3) is 0 Å². The topological polar surface area (TPSA) is 54.0 Å². The number of ketones is 1. The molecule has 0 aliphatic rings. The first-order valence-corrected chi connectivity index (χ1v) is 4.30. The van der Waals surface area contributed by atoms with Crippen LogP contribution in [0.3, 0.4) is 0 Å². The third-order valence-corrected chi connectivity index (χ3v) is 1.84. The van der Waals surface area contributed by atoms with Crippen LogP contribution >= 0.6 is 0 Å². The van der Waals surface area contributed by atoms with Crippen LogP contribution in [0.15, 0.2) is 0 Å². The molecule has 0 aliphatic heterocycles. The van der Waals surface area contributed by atoms with Gasteiger partial charge in [0.05, 0.1) is 12.8 Å². The molecule has 0 saturated carbocycles. The molecule has 0 N–H and O–H groups in total. The molecule has 0 rings (SSSR count). The number of hydrogen-bond acceptors (Lipinski definition) is 5. The van der Waals surface area contributed by atoms with E-state index in [0.29, 0.717) is 0 Å². The smallest absolute Gasteiger partial charge is 0.163 e. The molecule has 0 spiro atoms. The molecule has 0 aromatic rings. The second-order valence-electron chi connectivity index (χ2n) is 2.75. The zero-order valence-electron chi connectivity index (χ0n) is 9.11. The lowest BCUT2D eigenvalue weighted by molar-refractivity contribution is -0.149. The fourth-order valence-corrected chi connectivity index (χ4v) is 0.981. The van der Waals surface area contributed by atoms with Gasteiger partial charge in [-0.05, 0) is 0 Å². The molecule has 0 aromatic carbocycles. The summed E-state index contributed by atoms with van der Waals surface area (Å²) in [5, 5.41) is 0. The average molecular weight is 206 g/mol. The normalized spacial score (nSPS) is 11.3. The fourth-order valence-electron chi connectivity index (χ4n) is 0.981. The molecule has 0 heterocycles. The van der Waals surface area contributed by atoms with E-state index in [1.54, 1.807) is 0 Å². The third kappa shape index (κ3) is 5.29. The average Bonchev–Trinajstić information content (AvgIpc) is 2.22. The van der Waals surface area contributed by atoms with Crippen molar-refractivity contribution in [2.45, 2.75) is 25.4 Å². The molecule has 5 nitrogen and oxygen atoms in total. The van der Waals surface area contributed by atoms with Gasteiger partial charge >= 0.3 is 0 Å². The lowest BCUT2D eigenvalue weighted by Gasteiger charge is -2.15. The van der Waals surface area contributed by atoms with E-state index in [1.807, 2.05) is 0 Å². The SMILES string of the molecule is COC(CC(=O)CC(OC)OC)OC. The van der Waals surface area contributed by atoms with E-state index in [0.717, 1.165) is 0 Å². The lowest BCUT2D eigenvalue weighted by atomic mass is 10.2. The molecular formula is C9H18O5. The zero-order chi connectivity index (χ0) is 11.0. The van der Waals surface area contributed by atoms with Crippen molar-refractivity contribution in [3.8, 4) is 0 Å². The van der Waals surface area contributed by atoms with Crippen LogP contribution in [0.5, 0.6) is 0 Å². The van der Waals surface area contributed by atoms with Crippen LogP contribution in [0.4, 0.5) is 0 Å². The summed E-state index contributed by atoms with van der Waals surface area (Å²) in [6, 6.07) is 0. The lowest BCUT2D eigenvalue weighted by Crippen LogP contribution is -2.23. The number of carbonyl (C=O) groups excluding carboxylic acids is 1. The molecule has 0 amide bonds. The molecule has 0 saturated heterocycles. The third-order valence-electron chi connectivity index (χ3n) is 1.84. The zero-order valence-corrected chi connectivity index (χ0v) is 9.11. The highest BCUT2D eigenvalue weighted by molar-refractivity contribution is 5.79. The second-order valence-corrected chi connectivity index (χ2v) is 2.75. The summed E-state index contributed by atoms with van der Waals surface area (Å²) in [6.07, 6.45) is -0.569. The van der Waals surface area contributed by atoms with Gasteiger partial charge in [0, 0.05) is 28.4 Å². The van der Waals surface area contributed by atoms with Crippen LogP contribution < -0.4 is 0 Å². The molecule has 0 aromatic heterocycles. The van der Waals surface area contributed by atoms with Gasteiger partial charge in [-0.15, -0.1) is 0 Å². The highest BCUT2D eigenvalue weighted by Crippen LogP contribution is 2.05. The Morgan fingerprint density at radius 2 is 1.14 bits per heavy atom. The number of Topliss-reactive ketones (excluding diaryl/α,β-unsaturated/α-hetero) is 1. The van der Waals surface area contributed by atoms with Crippen molar-refractivity contribution in [3.05, 3.63) is 0 Å². The Hall–Kier alpha value is -0.490. The maximum Gasteiger partial charge on any atom is 0.163 e. The van der Waals surface area contributed by atoms with E-state index < -0.39 is 12.6 Å². The summed E-state index contributed by atoms with van der Waals surface area (Å²) in [5.41, 5.74) is 0. The Morgan fingerprint density at radius 3 is 1.36 bits per heavy atom. The van der Waals surface area contributed by atoms with E-state index >= 15 is 0 Å². The Morgan fingerprint density at radius 1 is 0.857 bits per heavy atom. The van der Waals surface area contributed by atoms with Gasteiger partial charge < -0.3 is 18.9 Å². The molecule has 0 radical (unpaired) electrons. The second kappa shape index (κ2) is 7.87. The summed E-state index contributed by atoms with van der Waals surface area (Å²) in [7, 11) is 5.97. The molecule has 0 fully saturated rings. The molecule has 0 aliphatic carbocycles. The molecule has 14 heavy (non-hydrogen) atoms. The Bertz CT molecular complexity index is 135. The maximum atomic E-state index is 11.4. The molecule has 84 valence electrons. The Kier molecular flexibility index (Phi) is 7.60. The first-order chi connectivity index (χ1) is 6.67. The van der Waals surface area contributed by atoms with Crippen molar-refractivity contribution in [2.24, 2.45) is 0 Å². The van der Waals surface area contributed by atoms with Crippen molar-refractivity contribution in [1.82, 2.24) is 0 Å². The van der Waals surface area contributed by atoms with E-state index in [4.69, 9.17) is 18.9 Å². The van der Waals surface area contributed by atoms with E-state index in [1.165, 1.54) is 28.4 Å². The fraction of sp³-hybridized carbons (Fsp3) is 0.889. The number of ether oxygens (including phenoxy) is 4. The van der Waals surface area contributed by atoms with Crippen LogP contribution in [0.1, 0.15) is 12.8 Å². The van der Waals surface area contributed by atoms with Crippen molar-refractivity contribution >= 4 is 5.78 Å². The summed E-state index contributed by atoms with van der Waals surface area (Å²) in [5.74, 6) is -0.0209. The van der Waals surface area contributed by atoms with E-state index in [-0.39, 0.29) is 18.6 Å². The minimum Gasteiger partial charge on any atom is -0.355 e. The van der Waals surface area contributed by atoms with Crippen molar-refractivity contribution < 1.29 is 23.7 Å². The van der Waals surface area contributed by atoms with Gasteiger partial charge in [0.1, 0.15) is 5.78 Å². The van der Waals surface area contributed by atoms with Crippen LogP contribution in [0.2, 0.25) is 0 Å². The maximum absolute atomic E-state index is 11.4. The van der Waals surface area contributed by atoms with E-state index in [9.17, 15) is 4.79 Å². The van der Waals surface area contributed by atoms with Crippen LogP contribution in [-0.2, 0) is 23.7 Å². The summed E-state index contributed by atoms with van der Waals surface area (Å²) in [6.45, 7) is 0.